The van der Waals surface area contributed by atoms with E-state index in [1.54, 1.807) is 18.2 Å². The Bertz CT molecular complexity index is 1610. The molecule has 1 aliphatic heterocycles. The number of anilines is 1. The number of halogens is 1. The third-order valence-electron chi connectivity index (χ3n) is 6.98. The van der Waals surface area contributed by atoms with Crippen LogP contribution in [-0.2, 0) is 0 Å². The van der Waals surface area contributed by atoms with Crippen molar-refractivity contribution in [2.45, 2.75) is 47.1 Å². The number of aromatic nitrogens is 1. The summed E-state index contributed by atoms with van der Waals surface area (Å²) in [7, 11) is 0. The third-order valence-corrected chi connectivity index (χ3v) is 7.20. The molecule has 1 amide bonds. The minimum atomic E-state index is -0.785. The van der Waals surface area contributed by atoms with E-state index in [0.717, 1.165) is 17.5 Å². The lowest BCUT2D eigenvalue weighted by atomic mass is 9.97. The summed E-state index contributed by atoms with van der Waals surface area (Å²) in [6.07, 6.45) is 2.38. The smallest absolute Gasteiger partial charge is 0.296 e. The summed E-state index contributed by atoms with van der Waals surface area (Å²) in [6, 6.07) is 11.7. The standard InChI is InChI=1S/C31H31ClN2O5/c1-6-37-25-15-20(7-9-23(25)38-12-11-17(2)3)28-27-29(35)22-13-18(4)19(5)14-24(22)39-30(27)31(36)34(28)26-10-8-21(32)16-33-26/h7-10,13-17,28H,6,11-12H2,1-5H3. The summed E-state index contributed by atoms with van der Waals surface area (Å²) in [6.45, 7) is 11.0. The van der Waals surface area contributed by atoms with Gasteiger partial charge in [-0.25, -0.2) is 4.98 Å². The van der Waals surface area contributed by atoms with Crippen molar-refractivity contribution in [3.63, 3.8) is 0 Å². The number of rotatable bonds is 8. The fraction of sp³-hybridized carbons (Fsp3) is 0.323. The average molecular weight is 547 g/mol. The van der Waals surface area contributed by atoms with Gasteiger partial charge in [-0.15, -0.1) is 0 Å². The highest BCUT2D eigenvalue weighted by molar-refractivity contribution is 6.30. The van der Waals surface area contributed by atoms with Gasteiger partial charge in [0.25, 0.3) is 5.91 Å². The number of pyridine rings is 1. The Morgan fingerprint density at radius 2 is 1.79 bits per heavy atom. The van der Waals surface area contributed by atoms with Crippen LogP contribution in [0.25, 0.3) is 11.0 Å². The van der Waals surface area contributed by atoms with E-state index in [1.165, 1.54) is 11.1 Å². The number of nitrogens with zero attached hydrogens (tertiary/aromatic N) is 2. The number of hydrogen-bond acceptors (Lipinski definition) is 6. The van der Waals surface area contributed by atoms with Crippen molar-refractivity contribution >= 4 is 34.3 Å². The molecule has 2 aromatic heterocycles. The number of ether oxygens (including phenoxy) is 2. The van der Waals surface area contributed by atoms with Gasteiger partial charge in [-0.1, -0.05) is 31.5 Å². The Morgan fingerprint density at radius 1 is 1.03 bits per heavy atom. The number of carbonyl (C=O) groups excluding carboxylic acids is 1. The Morgan fingerprint density at radius 3 is 2.49 bits per heavy atom. The molecule has 4 aromatic rings. The molecule has 0 aliphatic carbocycles. The quantitative estimate of drug-likeness (QED) is 0.236. The van der Waals surface area contributed by atoms with Gasteiger partial charge >= 0.3 is 0 Å². The predicted octanol–water partition coefficient (Wildman–Crippen LogP) is 7.03. The summed E-state index contributed by atoms with van der Waals surface area (Å²) in [4.78, 5) is 33.7. The first-order valence-corrected chi connectivity index (χ1v) is 13.5. The van der Waals surface area contributed by atoms with E-state index in [-0.39, 0.29) is 16.8 Å². The molecular weight excluding hydrogens is 516 g/mol. The first-order valence-electron chi connectivity index (χ1n) is 13.1. The zero-order valence-electron chi connectivity index (χ0n) is 22.7. The SMILES string of the molecule is CCOc1cc(C2c3c(oc4cc(C)c(C)cc4c3=O)C(=O)N2c2ccc(Cl)cn2)ccc1OCCC(C)C. The molecule has 0 radical (unpaired) electrons. The average Bonchev–Trinajstić information content (AvgIpc) is 3.19. The van der Waals surface area contributed by atoms with Crippen molar-refractivity contribution in [2.75, 3.05) is 18.1 Å². The summed E-state index contributed by atoms with van der Waals surface area (Å²) in [5.41, 5.74) is 3.01. The minimum Gasteiger partial charge on any atom is -0.490 e. The van der Waals surface area contributed by atoms with Gasteiger partial charge in [-0.2, -0.15) is 0 Å². The predicted molar refractivity (Wildman–Crippen MR) is 152 cm³/mol. The normalized spacial score (nSPS) is 14.8. The third kappa shape index (κ3) is 4.99. The summed E-state index contributed by atoms with van der Waals surface area (Å²) >= 11 is 6.09. The van der Waals surface area contributed by atoms with Gasteiger partial charge in [0.1, 0.15) is 11.4 Å². The molecule has 7 nitrogen and oxygen atoms in total. The molecule has 1 atom stereocenters. The molecule has 2 aromatic carbocycles. The van der Waals surface area contributed by atoms with Gasteiger partial charge in [0.05, 0.1) is 35.2 Å². The number of aryl methyl sites for hydroxylation is 2. The van der Waals surface area contributed by atoms with Crippen molar-refractivity contribution in [3.05, 3.63) is 91.9 Å². The van der Waals surface area contributed by atoms with Crippen LogP contribution in [0.4, 0.5) is 5.82 Å². The highest BCUT2D eigenvalue weighted by atomic mass is 35.5. The maximum atomic E-state index is 14.0. The maximum absolute atomic E-state index is 14.0. The molecule has 0 N–H and O–H groups in total. The maximum Gasteiger partial charge on any atom is 0.296 e. The molecule has 0 fully saturated rings. The molecule has 202 valence electrons. The van der Waals surface area contributed by atoms with Crippen LogP contribution in [0.15, 0.2) is 57.9 Å². The zero-order valence-corrected chi connectivity index (χ0v) is 23.5. The number of benzene rings is 2. The van der Waals surface area contributed by atoms with Gasteiger partial charge < -0.3 is 13.9 Å². The van der Waals surface area contributed by atoms with Crippen LogP contribution in [-0.4, -0.2) is 24.1 Å². The van der Waals surface area contributed by atoms with E-state index in [9.17, 15) is 9.59 Å². The first kappa shape index (κ1) is 26.8. The molecule has 5 rings (SSSR count). The fourth-order valence-corrected chi connectivity index (χ4v) is 4.89. The second-order valence-corrected chi connectivity index (χ2v) is 10.6. The fourth-order valence-electron chi connectivity index (χ4n) is 4.78. The van der Waals surface area contributed by atoms with E-state index >= 15 is 0 Å². The first-order chi connectivity index (χ1) is 18.7. The van der Waals surface area contributed by atoms with Gasteiger partial charge in [0, 0.05) is 6.20 Å². The van der Waals surface area contributed by atoms with E-state index in [1.807, 2.05) is 45.0 Å². The monoisotopic (exact) mass is 546 g/mol. The van der Waals surface area contributed by atoms with Crippen molar-refractivity contribution in [1.82, 2.24) is 4.98 Å². The van der Waals surface area contributed by atoms with Crippen molar-refractivity contribution in [1.29, 1.82) is 0 Å². The molecule has 39 heavy (non-hydrogen) atoms. The van der Waals surface area contributed by atoms with Crippen LogP contribution in [0.1, 0.15) is 66.0 Å². The number of carbonyl (C=O) groups is 1. The van der Waals surface area contributed by atoms with Crippen LogP contribution in [0.5, 0.6) is 11.5 Å². The topological polar surface area (TPSA) is 81.9 Å². The summed E-state index contributed by atoms with van der Waals surface area (Å²) in [5.74, 6) is 1.57. The Balaban J connectivity index is 1.70. The van der Waals surface area contributed by atoms with E-state index in [2.05, 4.69) is 18.8 Å². The Kier molecular flexibility index (Phi) is 7.36. The second kappa shape index (κ2) is 10.7. The summed E-state index contributed by atoms with van der Waals surface area (Å²) < 4.78 is 18.1. The Labute approximate surface area is 232 Å². The van der Waals surface area contributed by atoms with Gasteiger partial charge in [0.2, 0.25) is 5.76 Å². The molecule has 0 saturated heterocycles. The molecule has 1 aliphatic rings. The van der Waals surface area contributed by atoms with Gasteiger partial charge in [-0.3, -0.25) is 14.5 Å². The second-order valence-electron chi connectivity index (χ2n) is 10.2. The van der Waals surface area contributed by atoms with Crippen LogP contribution in [0, 0.1) is 19.8 Å². The molecular formula is C31H31ClN2O5. The van der Waals surface area contributed by atoms with E-state index in [4.69, 9.17) is 25.5 Å². The molecule has 8 heteroatoms. The van der Waals surface area contributed by atoms with Crippen molar-refractivity contribution < 1.29 is 18.7 Å². The van der Waals surface area contributed by atoms with E-state index in [0.29, 0.717) is 58.0 Å². The number of amides is 1. The van der Waals surface area contributed by atoms with Crippen molar-refractivity contribution in [2.24, 2.45) is 5.92 Å². The zero-order chi connectivity index (χ0) is 27.8. The number of hydrogen-bond donors (Lipinski definition) is 0. The Hall–Kier alpha value is -3.84. The van der Waals surface area contributed by atoms with Gasteiger partial charge in [-0.05, 0) is 86.2 Å². The molecule has 0 saturated carbocycles. The summed E-state index contributed by atoms with van der Waals surface area (Å²) in [5, 5.41) is 0.867. The molecule has 0 spiro atoms. The lowest BCUT2D eigenvalue weighted by Gasteiger charge is -2.25. The lowest BCUT2D eigenvalue weighted by Crippen LogP contribution is -2.30. The van der Waals surface area contributed by atoms with Crippen LogP contribution >= 0.6 is 11.6 Å². The minimum absolute atomic E-state index is 0.00715. The molecule has 1 unspecified atom stereocenters. The highest BCUT2D eigenvalue weighted by Gasteiger charge is 2.44. The largest absolute Gasteiger partial charge is 0.490 e. The van der Waals surface area contributed by atoms with Crippen LogP contribution in [0.3, 0.4) is 0 Å². The van der Waals surface area contributed by atoms with Crippen LogP contribution in [0.2, 0.25) is 5.02 Å². The van der Waals surface area contributed by atoms with Gasteiger partial charge in [0.15, 0.2) is 16.9 Å². The van der Waals surface area contributed by atoms with Crippen molar-refractivity contribution in [3.8, 4) is 11.5 Å². The number of fused-ring (bicyclic) bond motifs is 2. The van der Waals surface area contributed by atoms with Crippen LogP contribution < -0.4 is 19.8 Å². The highest BCUT2D eigenvalue weighted by Crippen LogP contribution is 2.43. The lowest BCUT2D eigenvalue weighted by molar-refractivity contribution is 0.0970. The molecule has 0 bridgehead atoms. The van der Waals surface area contributed by atoms with E-state index < -0.39 is 11.9 Å². The molecule has 3 heterocycles.